The van der Waals surface area contributed by atoms with Crippen LogP contribution in [0.3, 0.4) is 0 Å². The van der Waals surface area contributed by atoms with Crippen LogP contribution < -0.4 is 5.32 Å². The average molecular weight is 399 g/mol. The molecule has 5 nitrogen and oxygen atoms in total. The highest BCUT2D eigenvalue weighted by Gasteiger charge is 2.17. The van der Waals surface area contributed by atoms with Gasteiger partial charge in [0.15, 0.2) is 5.82 Å². The Bertz CT molecular complexity index is 606. The van der Waals surface area contributed by atoms with Crippen LogP contribution in [0.1, 0.15) is 45.7 Å². The summed E-state index contributed by atoms with van der Waals surface area (Å²) in [6.45, 7) is 10.3. The molecular weight excluding hydrogens is 377 g/mol. The Morgan fingerprint density at radius 2 is 2.05 bits per heavy atom. The van der Waals surface area contributed by atoms with Gasteiger partial charge in [-0.25, -0.2) is 9.97 Å². The first-order valence-electron chi connectivity index (χ1n) is 7.41. The van der Waals surface area contributed by atoms with Crippen LogP contribution in [0.2, 0.25) is 0 Å². The number of hydrogen-bond acceptors (Lipinski definition) is 4. The molecule has 0 spiro atoms. The molecule has 0 amide bonds. The van der Waals surface area contributed by atoms with E-state index >= 15 is 0 Å². The third-order valence-corrected chi connectivity index (χ3v) is 4.27. The minimum atomic E-state index is 0.360. The molecule has 0 saturated heterocycles. The molecule has 0 aliphatic heterocycles. The first-order chi connectivity index (χ1) is 10.1. The molecule has 0 atom stereocenters. The second-order valence-electron chi connectivity index (χ2n) is 5.21. The van der Waals surface area contributed by atoms with E-state index in [9.17, 15) is 0 Å². The average Bonchev–Trinajstić information content (AvgIpc) is 2.94. The predicted molar refractivity (Wildman–Crippen MR) is 94.5 cm³/mol. The third-order valence-electron chi connectivity index (χ3n) is 3.21. The zero-order valence-electron chi connectivity index (χ0n) is 13.0. The predicted octanol–water partition coefficient (Wildman–Crippen LogP) is 3.91. The van der Waals surface area contributed by atoms with E-state index in [4.69, 9.17) is 9.97 Å². The number of aromatic nitrogens is 4. The summed E-state index contributed by atoms with van der Waals surface area (Å²) in [6, 6.07) is 1.97. The van der Waals surface area contributed by atoms with Gasteiger partial charge >= 0.3 is 0 Å². The number of hydrogen-bond donors (Lipinski definition) is 1. The summed E-state index contributed by atoms with van der Waals surface area (Å²) in [5, 5.41) is 7.72. The zero-order valence-corrected chi connectivity index (χ0v) is 15.2. The van der Waals surface area contributed by atoms with Gasteiger partial charge in [-0.3, -0.25) is 4.68 Å². The normalized spacial score (nSPS) is 11.1. The number of aryl methyl sites for hydroxylation is 1. The van der Waals surface area contributed by atoms with Crippen LogP contribution in [0.5, 0.6) is 0 Å². The Labute approximate surface area is 139 Å². The van der Waals surface area contributed by atoms with Gasteiger partial charge in [-0.15, -0.1) is 0 Å². The molecule has 0 radical (unpaired) electrons. The summed E-state index contributed by atoms with van der Waals surface area (Å²) < 4.78 is 3.04. The molecule has 6 heteroatoms. The van der Waals surface area contributed by atoms with E-state index in [1.807, 2.05) is 10.7 Å². The lowest BCUT2D eigenvalue weighted by molar-refractivity contribution is 0.662. The number of nitrogens with one attached hydrogen (secondary N) is 1. The molecule has 0 unspecified atom stereocenters. The first kappa shape index (κ1) is 16.2. The number of nitrogens with zero attached hydrogens (tertiary/aromatic N) is 4. The van der Waals surface area contributed by atoms with Crippen molar-refractivity contribution in [2.75, 3.05) is 11.9 Å². The second kappa shape index (κ2) is 7.20. The molecule has 114 valence electrons. The van der Waals surface area contributed by atoms with Crippen molar-refractivity contribution in [3.63, 3.8) is 0 Å². The standard InChI is InChI=1S/C15H22IN5/c1-5-8-17-15-12(16)13(10(3)4)19-14(20-15)11-7-9-18-21(11)6-2/h7,9-10H,5-6,8H2,1-4H3,(H,17,19,20). The minimum absolute atomic E-state index is 0.360. The summed E-state index contributed by atoms with van der Waals surface area (Å²) >= 11 is 2.34. The van der Waals surface area contributed by atoms with Crippen molar-refractivity contribution >= 4 is 28.4 Å². The minimum Gasteiger partial charge on any atom is -0.369 e. The van der Waals surface area contributed by atoms with Gasteiger partial charge in [0.1, 0.15) is 11.5 Å². The highest BCUT2D eigenvalue weighted by Crippen LogP contribution is 2.28. The molecule has 0 bridgehead atoms. The molecule has 2 heterocycles. The SMILES string of the molecule is CCCNc1nc(-c2ccnn2CC)nc(C(C)C)c1I. The van der Waals surface area contributed by atoms with Crippen molar-refractivity contribution in [3.8, 4) is 11.5 Å². The Kier molecular flexibility index (Phi) is 5.55. The van der Waals surface area contributed by atoms with Crippen molar-refractivity contribution in [2.45, 2.75) is 46.6 Å². The molecule has 0 aliphatic carbocycles. The number of rotatable bonds is 6. The zero-order chi connectivity index (χ0) is 15.4. The molecule has 0 saturated carbocycles. The number of anilines is 1. The fourth-order valence-corrected chi connectivity index (χ4v) is 3.15. The Balaban J connectivity index is 2.53. The Morgan fingerprint density at radius 1 is 1.29 bits per heavy atom. The smallest absolute Gasteiger partial charge is 0.180 e. The Morgan fingerprint density at radius 3 is 2.67 bits per heavy atom. The van der Waals surface area contributed by atoms with Crippen LogP contribution in [0.15, 0.2) is 12.3 Å². The van der Waals surface area contributed by atoms with E-state index < -0.39 is 0 Å². The van der Waals surface area contributed by atoms with Crippen molar-refractivity contribution in [1.29, 1.82) is 0 Å². The summed E-state index contributed by atoms with van der Waals surface area (Å²) in [5.41, 5.74) is 2.05. The Hall–Kier alpha value is -1.18. The lowest BCUT2D eigenvalue weighted by atomic mass is 10.1. The van der Waals surface area contributed by atoms with Crippen molar-refractivity contribution in [1.82, 2.24) is 19.7 Å². The van der Waals surface area contributed by atoms with E-state index in [2.05, 4.69) is 60.7 Å². The third kappa shape index (κ3) is 3.53. The number of halogens is 1. The van der Waals surface area contributed by atoms with Crippen LogP contribution in [-0.4, -0.2) is 26.3 Å². The maximum atomic E-state index is 4.77. The van der Waals surface area contributed by atoms with Crippen LogP contribution in [0.4, 0.5) is 5.82 Å². The van der Waals surface area contributed by atoms with E-state index in [0.717, 1.165) is 46.1 Å². The molecule has 0 aromatic carbocycles. The topological polar surface area (TPSA) is 55.6 Å². The van der Waals surface area contributed by atoms with Crippen LogP contribution in [-0.2, 0) is 6.54 Å². The van der Waals surface area contributed by atoms with Gasteiger partial charge in [0.05, 0.1) is 9.26 Å². The molecule has 2 rings (SSSR count). The molecule has 0 aliphatic rings. The maximum absolute atomic E-state index is 4.77. The van der Waals surface area contributed by atoms with E-state index in [1.54, 1.807) is 6.20 Å². The van der Waals surface area contributed by atoms with Crippen molar-refractivity contribution in [3.05, 3.63) is 21.5 Å². The van der Waals surface area contributed by atoms with Gasteiger partial charge in [-0.1, -0.05) is 20.8 Å². The second-order valence-corrected chi connectivity index (χ2v) is 6.29. The van der Waals surface area contributed by atoms with Crippen molar-refractivity contribution < 1.29 is 0 Å². The lowest BCUT2D eigenvalue weighted by Gasteiger charge is -2.15. The fraction of sp³-hybridized carbons (Fsp3) is 0.533. The molecule has 1 N–H and O–H groups in total. The monoisotopic (exact) mass is 399 g/mol. The van der Waals surface area contributed by atoms with E-state index in [1.165, 1.54) is 0 Å². The van der Waals surface area contributed by atoms with Gasteiger partial charge in [0.2, 0.25) is 0 Å². The fourth-order valence-electron chi connectivity index (χ4n) is 2.10. The highest BCUT2D eigenvalue weighted by atomic mass is 127. The molecule has 0 fully saturated rings. The van der Waals surface area contributed by atoms with E-state index in [0.29, 0.717) is 5.92 Å². The maximum Gasteiger partial charge on any atom is 0.180 e. The molecule has 2 aromatic heterocycles. The van der Waals surface area contributed by atoms with Gasteiger partial charge in [0, 0.05) is 19.3 Å². The summed E-state index contributed by atoms with van der Waals surface area (Å²) in [7, 11) is 0. The highest BCUT2D eigenvalue weighted by molar-refractivity contribution is 14.1. The van der Waals surface area contributed by atoms with Crippen molar-refractivity contribution in [2.24, 2.45) is 0 Å². The largest absolute Gasteiger partial charge is 0.369 e. The van der Waals surface area contributed by atoms with Gasteiger partial charge in [-0.05, 0) is 47.9 Å². The summed E-state index contributed by atoms with van der Waals surface area (Å²) in [5.74, 6) is 2.03. The summed E-state index contributed by atoms with van der Waals surface area (Å²) in [6.07, 6.45) is 2.87. The quantitative estimate of drug-likeness (QED) is 0.749. The van der Waals surface area contributed by atoms with Crippen LogP contribution >= 0.6 is 22.6 Å². The van der Waals surface area contributed by atoms with Gasteiger partial charge < -0.3 is 5.32 Å². The first-order valence-corrected chi connectivity index (χ1v) is 8.49. The lowest BCUT2D eigenvalue weighted by Crippen LogP contribution is -2.11. The van der Waals surface area contributed by atoms with Gasteiger partial charge in [0.25, 0.3) is 0 Å². The van der Waals surface area contributed by atoms with Crippen LogP contribution in [0.25, 0.3) is 11.5 Å². The van der Waals surface area contributed by atoms with E-state index in [-0.39, 0.29) is 0 Å². The molecular formula is C15H22IN5. The molecule has 21 heavy (non-hydrogen) atoms. The molecule has 2 aromatic rings. The van der Waals surface area contributed by atoms with Crippen LogP contribution in [0, 0.1) is 3.57 Å². The summed E-state index contributed by atoms with van der Waals surface area (Å²) in [4.78, 5) is 9.49. The van der Waals surface area contributed by atoms with Gasteiger partial charge in [-0.2, -0.15) is 5.10 Å².